The Labute approximate surface area is 411 Å². The molecule has 0 aliphatic carbocycles. The van der Waals surface area contributed by atoms with Crippen LogP contribution >= 0.6 is 0 Å². The fourth-order valence-corrected chi connectivity index (χ4v) is 10.7. The van der Waals surface area contributed by atoms with Crippen molar-refractivity contribution >= 4 is 58.4 Å². The van der Waals surface area contributed by atoms with E-state index >= 15 is 0 Å². The molecule has 350 valence electrons. The van der Waals surface area contributed by atoms with Crippen molar-refractivity contribution in [2.75, 3.05) is 9.80 Å². The molecule has 0 spiro atoms. The lowest BCUT2D eigenvalue weighted by molar-refractivity contribution is 1.09. The molecular formula is C66H76N2. The number of rotatable bonds is 10. The Hall–Kier alpha value is -6.38. The Balaban J connectivity index is 1.22. The van der Waals surface area contributed by atoms with Crippen molar-refractivity contribution < 1.29 is 0 Å². The predicted octanol–water partition coefficient (Wildman–Crippen LogP) is 19.1. The molecule has 2 nitrogen and oxygen atoms in total. The normalized spacial score (nSPS) is 11.7. The summed E-state index contributed by atoms with van der Waals surface area (Å²) < 4.78 is 0. The van der Waals surface area contributed by atoms with E-state index in [0.717, 1.165) is 11.1 Å². The van der Waals surface area contributed by atoms with Crippen LogP contribution in [0, 0.1) is 138 Å². The Morgan fingerprint density at radius 1 is 0.221 bits per heavy atom. The van der Waals surface area contributed by atoms with Gasteiger partial charge in [-0.05, 0) is 296 Å². The number of hydrogen-bond acceptors (Lipinski definition) is 2. The number of benzene rings is 7. The highest BCUT2D eigenvalue weighted by atomic mass is 15.2. The van der Waals surface area contributed by atoms with Gasteiger partial charge < -0.3 is 9.80 Å². The minimum absolute atomic E-state index is 1.16. The average molecular weight is 897 g/mol. The van der Waals surface area contributed by atoms with E-state index in [4.69, 9.17) is 0 Å². The maximum Gasteiger partial charge on any atom is 0.0525 e. The van der Waals surface area contributed by atoms with E-state index in [9.17, 15) is 0 Å². The van der Waals surface area contributed by atoms with Gasteiger partial charge in [0.1, 0.15) is 0 Å². The molecule has 0 aliphatic heterocycles. The van der Waals surface area contributed by atoms with Crippen LogP contribution in [0.2, 0.25) is 0 Å². The molecule has 7 aromatic rings. The van der Waals surface area contributed by atoms with Gasteiger partial charge in [0.05, 0.1) is 22.7 Å². The molecule has 0 aromatic heterocycles. The summed E-state index contributed by atoms with van der Waals surface area (Å²) in [6, 6.07) is 27.0. The molecule has 0 bridgehead atoms. The van der Waals surface area contributed by atoms with Gasteiger partial charge >= 0.3 is 0 Å². The van der Waals surface area contributed by atoms with Crippen LogP contribution in [0.25, 0.3) is 24.3 Å². The first-order valence-electron chi connectivity index (χ1n) is 24.6. The molecule has 0 saturated heterocycles. The molecule has 68 heavy (non-hydrogen) atoms. The Kier molecular flexibility index (Phi) is 14.1. The minimum Gasteiger partial charge on any atom is -0.309 e. The first-order valence-corrected chi connectivity index (χ1v) is 24.6. The first-order chi connectivity index (χ1) is 32.1. The Bertz CT molecular complexity index is 2710. The lowest BCUT2D eigenvalue weighted by Gasteiger charge is -2.35. The molecular weight excluding hydrogens is 821 g/mol. The fourth-order valence-electron chi connectivity index (χ4n) is 10.7. The molecule has 0 saturated carbocycles. The van der Waals surface area contributed by atoms with Crippen LogP contribution in [0.5, 0.6) is 0 Å². The zero-order valence-corrected chi connectivity index (χ0v) is 45.1. The Morgan fingerprint density at radius 3 is 0.618 bits per heavy atom. The topological polar surface area (TPSA) is 6.48 Å². The molecule has 0 amide bonds. The zero-order valence-electron chi connectivity index (χ0n) is 45.1. The second-order valence-corrected chi connectivity index (χ2v) is 20.0. The van der Waals surface area contributed by atoms with E-state index in [1.807, 2.05) is 0 Å². The van der Waals surface area contributed by atoms with Gasteiger partial charge in [0, 0.05) is 11.4 Å². The molecule has 7 rings (SSSR count). The standard InChI is InChI=1S/C66H76N2/c1-37-41(5)49(13)63(50(14)42(37)6)67(64-51(15)43(7)38(2)44(8)52(64)16)61-33-27-57(28-34-61)25-31-59-23-21-22-24-60(59)32-26-58-29-35-62(36-30-58)68(65-53(17)45(9)39(3)46(10)54(65)18)66-55(19)47(11)40(4)48(12)56(66)20/h21-36H,1-20H3/b31-25+,32-26+. The summed E-state index contributed by atoms with van der Waals surface area (Å²) in [4.78, 5) is 5.09. The van der Waals surface area contributed by atoms with Gasteiger partial charge in [-0.3, -0.25) is 0 Å². The number of hydrogen-bond donors (Lipinski definition) is 0. The quantitative estimate of drug-likeness (QED) is 0.126. The van der Waals surface area contributed by atoms with Crippen molar-refractivity contribution in [2.24, 2.45) is 0 Å². The lowest BCUT2D eigenvalue weighted by Crippen LogP contribution is -2.18. The monoisotopic (exact) mass is 897 g/mol. The molecule has 2 heteroatoms. The molecule has 0 fully saturated rings. The molecule has 7 aromatic carbocycles. The lowest BCUT2D eigenvalue weighted by atomic mass is 9.89. The summed E-state index contributed by atoms with van der Waals surface area (Å²) >= 11 is 0. The van der Waals surface area contributed by atoms with Gasteiger partial charge in [-0.2, -0.15) is 0 Å². The highest BCUT2D eigenvalue weighted by Crippen LogP contribution is 2.48. The van der Waals surface area contributed by atoms with Crippen LogP contribution in [0.3, 0.4) is 0 Å². The number of nitrogens with zero attached hydrogens (tertiary/aromatic N) is 2. The van der Waals surface area contributed by atoms with Gasteiger partial charge in [-0.25, -0.2) is 0 Å². The van der Waals surface area contributed by atoms with Crippen molar-refractivity contribution in [3.63, 3.8) is 0 Å². The third-order valence-corrected chi connectivity index (χ3v) is 16.9. The zero-order chi connectivity index (χ0) is 49.8. The van der Waals surface area contributed by atoms with Crippen LogP contribution in [0.15, 0.2) is 72.8 Å². The highest BCUT2D eigenvalue weighted by molar-refractivity contribution is 5.89. The van der Waals surface area contributed by atoms with Gasteiger partial charge in [0.15, 0.2) is 0 Å². The fraction of sp³-hybridized carbons (Fsp3) is 0.303. The third kappa shape index (κ3) is 8.57. The van der Waals surface area contributed by atoms with Crippen LogP contribution < -0.4 is 9.80 Å². The second-order valence-electron chi connectivity index (χ2n) is 20.0. The van der Waals surface area contributed by atoms with E-state index in [-0.39, 0.29) is 0 Å². The van der Waals surface area contributed by atoms with Crippen LogP contribution in [-0.2, 0) is 0 Å². The minimum atomic E-state index is 1.16. The van der Waals surface area contributed by atoms with E-state index in [1.54, 1.807) is 0 Å². The largest absolute Gasteiger partial charge is 0.309 e. The maximum absolute atomic E-state index is 2.55. The molecule has 0 heterocycles. The molecule has 0 atom stereocenters. The van der Waals surface area contributed by atoms with E-state index < -0.39 is 0 Å². The second kappa shape index (κ2) is 19.3. The van der Waals surface area contributed by atoms with Crippen LogP contribution in [0.1, 0.15) is 134 Å². The summed E-state index contributed by atoms with van der Waals surface area (Å²) in [5.74, 6) is 0. The molecule has 0 N–H and O–H groups in total. The van der Waals surface area contributed by atoms with Crippen molar-refractivity contribution in [3.8, 4) is 0 Å². The van der Waals surface area contributed by atoms with Crippen molar-refractivity contribution in [1.29, 1.82) is 0 Å². The SMILES string of the molecule is Cc1c(C)c(C)c(N(c2ccc(/C=C/c3ccccc3/C=C/c3ccc(N(c4c(C)c(C)c(C)c(C)c4C)c4c(C)c(C)c(C)c(C)c4C)cc3)cc2)c2c(C)c(C)c(C)c(C)c2C)c(C)c1C. The van der Waals surface area contributed by atoms with E-state index in [1.165, 1.54) is 157 Å². The smallest absolute Gasteiger partial charge is 0.0525 e. The number of anilines is 6. The van der Waals surface area contributed by atoms with Crippen LogP contribution in [-0.4, -0.2) is 0 Å². The van der Waals surface area contributed by atoms with E-state index in [2.05, 4.69) is 245 Å². The van der Waals surface area contributed by atoms with Crippen molar-refractivity contribution in [1.82, 2.24) is 0 Å². The van der Waals surface area contributed by atoms with Gasteiger partial charge in [-0.15, -0.1) is 0 Å². The summed E-state index contributed by atoms with van der Waals surface area (Å²) in [5, 5.41) is 0. The van der Waals surface area contributed by atoms with E-state index in [0.29, 0.717) is 0 Å². The highest BCUT2D eigenvalue weighted by Gasteiger charge is 2.27. The van der Waals surface area contributed by atoms with Crippen molar-refractivity contribution in [3.05, 3.63) is 206 Å². The van der Waals surface area contributed by atoms with Gasteiger partial charge in [0.2, 0.25) is 0 Å². The molecule has 0 unspecified atom stereocenters. The Morgan fingerprint density at radius 2 is 0.412 bits per heavy atom. The summed E-state index contributed by atoms with van der Waals surface area (Å²) in [6.07, 6.45) is 8.99. The third-order valence-electron chi connectivity index (χ3n) is 16.9. The first kappa shape index (κ1) is 49.5. The van der Waals surface area contributed by atoms with Gasteiger partial charge in [-0.1, -0.05) is 72.8 Å². The summed E-state index contributed by atoms with van der Waals surface area (Å²) in [7, 11) is 0. The predicted molar refractivity (Wildman–Crippen MR) is 301 cm³/mol. The average Bonchev–Trinajstić information content (AvgIpc) is 3.34. The molecule has 0 aliphatic rings. The van der Waals surface area contributed by atoms with Gasteiger partial charge in [0.25, 0.3) is 0 Å². The summed E-state index contributed by atoms with van der Waals surface area (Å²) in [6.45, 7) is 45.7. The van der Waals surface area contributed by atoms with Crippen molar-refractivity contribution in [2.45, 2.75) is 138 Å². The summed E-state index contributed by atoms with van der Waals surface area (Å²) in [5.41, 5.74) is 39.3. The molecule has 0 radical (unpaired) electrons. The van der Waals surface area contributed by atoms with Crippen LogP contribution in [0.4, 0.5) is 34.1 Å². The maximum atomic E-state index is 2.55.